The standard InChI is InChI=1S/C14H14N4O2/c1-15-9-12-7-8-16-13(17-12)18(14(19)20)10-11-5-3-2-4-6-11/h2-9H,10H2,1H3,(H,19,20). The largest absolute Gasteiger partial charge is 0.465 e. The highest BCUT2D eigenvalue weighted by Gasteiger charge is 2.17. The molecule has 6 nitrogen and oxygen atoms in total. The Morgan fingerprint density at radius 3 is 2.75 bits per heavy atom. The van der Waals surface area contributed by atoms with Gasteiger partial charge in [-0.2, -0.15) is 0 Å². The molecule has 0 atom stereocenters. The topological polar surface area (TPSA) is 78.7 Å². The van der Waals surface area contributed by atoms with Crippen LogP contribution in [0, 0.1) is 0 Å². The molecule has 0 aliphatic rings. The zero-order chi connectivity index (χ0) is 14.4. The zero-order valence-corrected chi connectivity index (χ0v) is 11.0. The Kier molecular flexibility index (Phi) is 4.39. The van der Waals surface area contributed by atoms with Crippen molar-refractivity contribution < 1.29 is 9.90 Å². The molecule has 1 aromatic heterocycles. The van der Waals surface area contributed by atoms with Crippen molar-refractivity contribution in [2.45, 2.75) is 6.54 Å². The second kappa shape index (κ2) is 6.42. The van der Waals surface area contributed by atoms with Gasteiger partial charge >= 0.3 is 6.09 Å². The quantitative estimate of drug-likeness (QED) is 0.864. The van der Waals surface area contributed by atoms with Crippen molar-refractivity contribution >= 4 is 18.3 Å². The minimum atomic E-state index is -1.10. The van der Waals surface area contributed by atoms with E-state index in [0.717, 1.165) is 10.5 Å². The van der Waals surface area contributed by atoms with E-state index in [9.17, 15) is 9.90 Å². The van der Waals surface area contributed by atoms with Crippen LogP contribution >= 0.6 is 0 Å². The van der Waals surface area contributed by atoms with E-state index in [0.29, 0.717) is 5.69 Å². The van der Waals surface area contributed by atoms with Crippen LogP contribution in [0.2, 0.25) is 0 Å². The first kappa shape index (κ1) is 13.7. The first-order valence-corrected chi connectivity index (χ1v) is 6.00. The van der Waals surface area contributed by atoms with Crippen LogP contribution in [-0.2, 0) is 6.54 Å². The second-order valence-electron chi connectivity index (χ2n) is 4.02. The minimum Gasteiger partial charge on any atom is -0.465 e. The lowest BCUT2D eigenvalue weighted by Crippen LogP contribution is -2.30. The van der Waals surface area contributed by atoms with Crippen molar-refractivity contribution in [2.75, 3.05) is 11.9 Å². The number of anilines is 1. The van der Waals surface area contributed by atoms with E-state index in [-0.39, 0.29) is 12.5 Å². The summed E-state index contributed by atoms with van der Waals surface area (Å²) in [7, 11) is 1.63. The molecule has 20 heavy (non-hydrogen) atoms. The molecule has 1 aromatic carbocycles. The molecule has 2 aromatic rings. The molecular formula is C14H14N4O2. The molecule has 0 radical (unpaired) electrons. The highest BCUT2D eigenvalue weighted by Crippen LogP contribution is 2.12. The van der Waals surface area contributed by atoms with Gasteiger partial charge < -0.3 is 5.11 Å². The molecule has 0 aliphatic heterocycles. The number of hydrogen-bond acceptors (Lipinski definition) is 4. The SMILES string of the molecule is CN=Cc1ccnc(N(Cc2ccccc2)C(=O)O)n1. The van der Waals surface area contributed by atoms with Crippen LogP contribution in [-0.4, -0.2) is 34.4 Å². The van der Waals surface area contributed by atoms with Gasteiger partial charge in [0.25, 0.3) is 0 Å². The van der Waals surface area contributed by atoms with Gasteiger partial charge in [0.1, 0.15) is 0 Å². The summed E-state index contributed by atoms with van der Waals surface area (Å²) >= 11 is 0. The maximum Gasteiger partial charge on any atom is 0.414 e. The van der Waals surface area contributed by atoms with Gasteiger partial charge in [-0.1, -0.05) is 30.3 Å². The summed E-state index contributed by atoms with van der Waals surface area (Å²) in [5, 5.41) is 9.32. The molecule has 0 fully saturated rings. The average Bonchev–Trinajstić information content (AvgIpc) is 2.46. The number of benzene rings is 1. The predicted octanol–water partition coefficient (Wildman–Crippen LogP) is 2.21. The second-order valence-corrected chi connectivity index (χ2v) is 4.02. The molecule has 0 aliphatic carbocycles. The summed E-state index contributed by atoms with van der Waals surface area (Å²) in [5.41, 5.74) is 1.44. The first-order chi connectivity index (χ1) is 9.70. The Labute approximate surface area is 116 Å². The van der Waals surface area contributed by atoms with Crippen molar-refractivity contribution in [2.24, 2.45) is 4.99 Å². The van der Waals surface area contributed by atoms with Crippen molar-refractivity contribution in [1.29, 1.82) is 0 Å². The van der Waals surface area contributed by atoms with Crippen molar-refractivity contribution in [3.8, 4) is 0 Å². The lowest BCUT2D eigenvalue weighted by Gasteiger charge is -2.17. The number of amides is 1. The van der Waals surface area contributed by atoms with Gasteiger partial charge in [-0.05, 0) is 11.6 Å². The smallest absolute Gasteiger partial charge is 0.414 e. The Morgan fingerprint density at radius 1 is 1.35 bits per heavy atom. The van der Waals surface area contributed by atoms with Crippen LogP contribution in [0.15, 0.2) is 47.6 Å². The molecule has 1 heterocycles. The van der Waals surface area contributed by atoms with E-state index in [2.05, 4.69) is 15.0 Å². The number of hydrogen-bond donors (Lipinski definition) is 1. The maximum absolute atomic E-state index is 11.4. The van der Waals surface area contributed by atoms with E-state index in [1.54, 1.807) is 19.3 Å². The maximum atomic E-state index is 11.4. The van der Waals surface area contributed by atoms with Crippen LogP contribution < -0.4 is 4.90 Å². The molecule has 0 unspecified atom stereocenters. The molecule has 6 heteroatoms. The third-order valence-corrected chi connectivity index (χ3v) is 2.58. The number of aromatic nitrogens is 2. The summed E-state index contributed by atoms with van der Waals surface area (Å²) in [5.74, 6) is 0.138. The van der Waals surface area contributed by atoms with E-state index in [1.165, 1.54) is 6.20 Å². The normalized spacial score (nSPS) is 10.7. The Hall–Kier alpha value is -2.76. The molecule has 1 amide bonds. The molecule has 0 bridgehead atoms. The van der Waals surface area contributed by atoms with E-state index < -0.39 is 6.09 Å². The van der Waals surface area contributed by atoms with Crippen molar-refractivity contribution in [3.05, 3.63) is 53.9 Å². The van der Waals surface area contributed by atoms with Crippen LogP contribution in [0.5, 0.6) is 0 Å². The number of carboxylic acid groups (broad SMARTS) is 1. The highest BCUT2D eigenvalue weighted by atomic mass is 16.4. The summed E-state index contributed by atoms with van der Waals surface area (Å²) in [6.45, 7) is 0.197. The average molecular weight is 270 g/mol. The zero-order valence-electron chi connectivity index (χ0n) is 11.0. The molecule has 102 valence electrons. The summed E-state index contributed by atoms with van der Waals surface area (Å²) in [6.07, 6.45) is 1.97. The first-order valence-electron chi connectivity index (χ1n) is 6.00. The van der Waals surface area contributed by atoms with Crippen LogP contribution in [0.1, 0.15) is 11.3 Å². The summed E-state index contributed by atoms with van der Waals surface area (Å²) < 4.78 is 0. The van der Waals surface area contributed by atoms with Gasteiger partial charge in [-0.3, -0.25) is 4.99 Å². The Morgan fingerprint density at radius 2 is 2.10 bits per heavy atom. The fourth-order valence-corrected chi connectivity index (χ4v) is 1.69. The molecule has 0 saturated carbocycles. The molecule has 0 spiro atoms. The van der Waals surface area contributed by atoms with E-state index in [4.69, 9.17) is 0 Å². The van der Waals surface area contributed by atoms with Gasteiger partial charge in [0.15, 0.2) is 0 Å². The number of carbonyl (C=O) groups is 1. The van der Waals surface area contributed by atoms with Crippen LogP contribution in [0.4, 0.5) is 10.7 Å². The molecule has 1 N–H and O–H groups in total. The number of nitrogens with zero attached hydrogens (tertiary/aromatic N) is 4. The van der Waals surface area contributed by atoms with Crippen molar-refractivity contribution in [3.63, 3.8) is 0 Å². The molecular weight excluding hydrogens is 256 g/mol. The number of aliphatic imine (C=N–C) groups is 1. The summed E-state index contributed by atoms with van der Waals surface area (Å²) in [6, 6.07) is 11.0. The fourth-order valence-electron chi connectivity index (χ4n) is 1.69. The Balaban J connectivity index is 2.29. The van der Waals surface area contributed by atoms with Gasteiger partial charge in [-0.15, -0.1) is 0 Å². The third-order valence-electron chi connectivity index (χ3n) is 2.58. The van der Waals surface area contributed by atoms with Gasteiger partial charge in [0.2, 0.25) is 5.95 Å². The fraction of sp³-hybridized carbons (Fsp3) is 0.143. The third kappa shape index (κ3) is 3.38. The minimum absolute atomic E-state index is 0.138. The monoisotopic (exact) mass is 270 g/mol. The van der Waals surface area contributed by atoms with Crippen LogP contribution in [0.3, 0.4) is 0 Å². The van der Waals surface area contributed by atoms with E-state index >= 15 is 0 Å². The summed E-state index contributed by atoms with van der Waals surface area (Å²) in [4.78, 5) is 24.5. The van der Waals surface area contributed by atoms with Gasteiger partial charge in [0, 0.05) is 19.5 Å². The highest BCUT2D eigenvalue weighted by molar-refractivity contribution is 5.84. The molecule has 0 saturated heterocycles. The molecule has 2 rings (SSSR count). The predicted molar refractivity (Wildman–Crippen MR) is 76.2 cm³/mol. The van der Waals surface area contributed by atoms with Crippen LogP contribution in [0.25, 0.3) is 0 Å². The van der Waals surface area contributed by atoms with E-state index in [1.807, 2.05) is 30.3 Å². The van der Waals surface area contributed by atoms with Gasteiger partial charge in [-0.25, -0.2) is 19.7 Å². The lowest BCUT2D eigenvalue weighted by atomic mass is 10.2. The Bertz CT molecular complexity index is 614. The van der Waals surface area contributed by atoms with Crippen molar-refractivity contribution in [1.82, 2.24) is 9.97 Å². The van der Waals surface area contributed by atoms with Gasteiger partial charge in [0.05, 0.1) is 12.2 Å². The lowest BCUT2D eigenvalue weighted by molar-refractivity contribution is 0.201. The number of rotatable bonds is 4.